The minimum Gasteiger partial charge on any atom is -0.480 e. The molecule has 2 heterocycles. The second-order valence-corrected chi connectivity index (χ2v) is 4.74. The van der Waals surface area contributed by atoms with Crippen LogP contribution in [0.3, 0.4) is 0 Å². The van der Waals surface area contributed by atoms with Gasteiger partial charge in [-0.05, 0) is 30.5 Å². The molecule has 0 spiro atoms. The number of H-pyrrole nitrogens is 1. The molecule has 2 aromatic heterocycles. The molecule has 0 amide bonds. The molecule has 0 saturated heterocycles. The molecule has 0 aromatic carbocycles. The third-order valence-electron chi connectivity index (χ3n) is 3.31. The van der Waals surface area contributed by atoms with Crippen LogP contribution in [-0.2, 0) is 11.3 Å². The fourth-order valence-corrected chi connectivity index (χ4v) is 2.29. The van der Waals surface area contributed by atoms with E-state index in [4.69, 9.17) is 5.11 Å². The van der Waals surface area contributed by atoms with Crippen LogP contribution in [0.25, 0.3) is 11.0 Å². The second-order valence-electron chi connectivity index (χ2n) is 4.74. The number of carboxylic acids is 1. The summed E-state index contributed by atoms with van der Waals surface area (Å²) in [5.41, 5.74) is 1.98. The largest absolute Gasteiger partial charge is 0.480 e. The molecule has 5 heteroatoms. The van der Waals surface area contributed by atoms with Gasteiger partial charge in [-0.15, -0.1) is 0 Å². The van der Waals surface area contributed by atoms with Gasteiger partial charge in [0.25, 0.3) is 0 Å². The number of carbonyl (C=O) groups is 1. The van der Waals surface area contributed by atoms with Crippen molar-refractivity contribution in [1.29, 1.82) is 0 Å². The van der Waals surface area contributed by atoms with Gasteiger partial charge in [0.05, 0.1) is 6.54 Å². The van der Waals surface area contributed by atoms with Crippen molar-refractivity contribution < 1.29 is 9.90 Å². The SMILES string of the molecule is O=C(O)CN(Cc1c[nH]c2ncccc12)C1CC1. The van der Waals surface area contributed by atoms with E-state index < -0.39 is 5.97 Å². The monoisotopic (exact) mass is 245 g/mol. The molecule has 2 N–H and O–H groups in total. The standard InChI is InChI=1S/C13H15N3O2/c17-12(18)8-16(10-3-4-10)7-9-6-15-13-11(9)2-1-5-14-13/h1-2,5-6,10H,3-4,7-8H2,(H,14,15)(H,17,18). The zero-order valence-electron chi connectivity index (χ0n) is 9.97. The number of aromatic nitrogens is 2. The van der Waals surface area contributed by atoms with E-state index in [1.165, 1.54) is 0 Å². The predicted molar refractivity (Wildman–Crippen MR) is 67.2 cm³/mol. The molecule has 0 atom stereocenters. The Bertz CT molecular complexity index is 574. The van der Waals surface area contributed by atoms with Crippen molar-refractivity contribution in [3.63, 3.8) is 0 Å². The van der Waals surface area contributed by atoms with Gasteiger partial charge in [-0.1, -0.05) is 0 Å². The topological polar surface area (TPSA) is 69.2 Å². The van der Waals surface area contributed by atoms with Gasteiger partial charge in [-0.25, -0.2) is 4.98 Å². The Morgan fingerprint density at radius 3 is 3.11 bits per heavy atom. The predicted octanol–water partition coefficient (Wildman–Crippen LogP) is 1.61. The molecule has 94 valence electrons. The highest BCUT2D eigenvalue weighted by atomic mass is 16.4. The lowest BCUT2D eigenvalue weighted by molar-refractivity contribution is -0.138. The normalized spacial score (nSPS) is 15.4. The van der Waals surface area contributed by atoms with Crippen LogP contribution in [0.4, 0.5) is 0 Å². The van der Waals surface area contributed by atoms with Gasteiger partial charge >= 0.3 is 5.97 Å². The fraction of sp³-hybridized carbons (Fsp3) is 0.385. The maximum Gasteiger partial charge on any atom is 0.317 e. The van der Waals surface area contributed by atoms with Crippen molar-refractivity contribution in [2.45, 2.75) is 25.4 Å². The van der Waals surface area contributed by atoms with Crippen LogP contribution >= 0.6 is 0 Å². The van der Waals surface area contributed by atoms with Gasteiger partial charge in [0.2, 0.25) is 0 Å². The molecule has 2 aromatic rings. The number of aromatic amines is 1. The van der Waals surface area contributed by atoms with E-state index in [0.717, 1.165) is 29.4 Å². The molecule has 1 aliphatic rings. The molecule has 0 radical (unpaired) electrons. The zero-order chi connectivity index (χ0) is 12.5. The first-order valence-electron chi connectivity index (χ1n) is 6.11. The summed E-state index contributed by atoms with van der Waals surface area (Å²) in [6.45, 7) is 0.778. The van der Waals surface area contributed by atoms with Gasteiger partial charge in [0.1, 0.15) is 5.65 Å². The van der Waals surface area contributed by atoms with Crippen molar-refractivity contribution >= 4 is 17.0 Å². The van der Waals surface area contributed by atoms with Crippen LogP contribution in [0.5, 0.6) is 0 Å². The smallest absolute Gasteiger partial charge is 0.317 e. The van der Waals surface area contributed by atoms with E-state index in [1.54, 1.807) is 6.20 Å². The number of carboxylic acid groups (broad SMARTS) is 1. The summed E-state index contributed by atoms with van der Waals surface area (Å²) in [5.74, 6) is -0.764. The average molecular weight is 245 g/mol. The number of fused-ring (bicyclic) bond motifs is 1. The first-order chi connectivity index (χ1) is 8.74. The third kappa shape index (κ3) is 2.22. The summed E-state index contributed by atoms with van der Waals surface area (Å²) >= 11 is 0. The second kappa shape index (κ2) is 4.42. The molecule has 0 aliphatic heterocycles. The maximum absolute atomic E-state index is 10.9. The zero-order valence-corrected chi connectivity index (χ0v) is 9.97. The molecule has 1 aliphatic carbocycles. The lowest BCUT2D eigenvalue weighted by atomic mass is 10.2. The van der Waals surface area contributed by atoms with Crippen LogP contribution in [0.2, 0.25) is 0 Å². The minimum atomic E-state index is -0.764. The summed E-state index contributed by atoms with van der Waals surface area (Å²) in [5, 5.41) is 10.0. The van der Waals surface area contributed by atoms with E-state index in [0.29, 0.717) is 12.6 Å². The van der Waals surface area contributed by atoms with Gasteiger partial charge < -0.3 is 10.1 Å². The molecule has 3 rings (SSSR count). The Morgan fingerprint density at radius 2 is 2.39 bits per heavy atom. The first kappa shape index (κ1) is 11.2. The maximum atomic E-state index is 10.9. The molecule has 18 heavy (non-hydrogen) atoms. The Kier molecular flexibility index (Phi) is 2.76. The minimum absolute atomic E-state index is 0.109. The van der Waals surface area contributed by atoms with Gasteiger partial charge in [0, 0.05) is 30.4 Å². The Morgan fingerprint density at radius 1 is 1.56 bits per heavy atom. The summed E-state index contributed by atoms with van der Waals surface area (Å²) in [6.07, 6.45) is 5.88. The van der Waals surface area contributed by atoms with E-state index in [1.807, 2.05) is 23.2 Å². The fourth-order valence-electron chi connectivity index (χ4n) is 2.29. The van der Waals surface area contributed by atoms with Crippen LogP contribution in [-0.4, -0.2) is 38.5 Å². The highest BCUT2D eigenvalue weighted by Crippen LogP contribution is 2.29. The summed E-state index contributed by atoms with van der Waals surface area (Å²) in [4.78, 5) is 20.3. The molecule has 1 saturated carbocycles. The Balaban J connectivity index is 1.83. The van der Waals surface area contributed by atoms with Gasteiger partial charge in [-0.3, -0.25) is 9.69 Å². The highest BCUT2D eigenvalue weighted by Gasteiger charge is 2.30. The number of aliphatic carboxylic acids is 1. The number of rotatable bonds is 5. The summed E-state index contributed by atoms with van der Waals surface area (Å²) in [7, 11) is 0. The lowest BCUT2D eigenvalue weighted by Gasteiger charge is -2.19. The van der Waals surface area contributed by atoms with E-state index in [2.05, 4.69) is 9.97 Å². The Hall–Kier alpha value is -1.88. The highest BCUT2D eigenvalue weighted by molar-refractivity contribution is 5.79. The molecular formula is C13H15N3O2. The van der Waals surface area contributed by atoms with Gasteiger partial charge in [-0.2, -0.15) is 0 Å². The van der Waals surface area contributed by atoms with Crippen molar-refractivity contribution in [3.8, 4) is 0 Å². The van der Waals surface area contributed by atoms with E-state index in [9.17, 15) is 4.79 Å². The van der Waals surface area contributed by atoms with Crippen molar-refractivity contribution in [1.82, 2.24) is 14.9 Å². The molecule has 5 nitrogen and oxygen atoms in total. The van der Waals surface area contributed by atoms with E-state index in [-0.39, 0.29) is 6.54 Å². The lowest BCUT2D eigenvalue weighted by Crippen LogP contribution is -2.31. The van der Waals surface area contributed by atoms with Crippen LogP contribution < -0.4 is 0 Å². The number of nitrogens with zero attached hydrogens (tertiary/aromatic N) is 2. The number of hydrogen-bond acceptors (Lipinski definition) is 3. The third-order valence-corrected chi connectivity index (χ3v) is 3.31. The number of pyridine rings is 1. The van der Waals surface area contributed by atoms with Gasteiger partial charge in [0.15, 0.2) is 0 Å². The average Bonchev–Trinajstić information content (AvgIpc) is 3.12. The molecular weight excluding hydrogens is 230 g/mol. The first-order valence-corrected chi connectivity index (χ1v) is 6.11. The van der Waals surface area contributed by atoms with Crippen molar-refractivity contribution in [3.05, 3.63) is 30.1 Å². The van der Waals surface area contributed by atoms with E-state index >= 15 is 0 Å². The summed E-state index contributed by atoms with van der Waals surface area (Å²) in [6, 6.07) is 4.35. The Labute approximate surface area is 104 Å². The number of hydrogen-bond donors (Lipinski definition) is 2. The number of nitrogens with one attached hydrogen (secondary N) is 1. The molecule has 0 unspecified atom stereocenters. The van der Waals surface area contributed by atoms with Crippen LogP contribution in [0.15, 0.2) is 24.5 Å². The van der Waals surface area contributed by atoms with Crippen LogP contribution in [0.1, 0.15) is 18.4 Å². The summed E-state index contributed by atoms with van der Waals surface area (Å²) < 4.78 is 0. The van der Waals surface area contributed by atoms with Crippen molar-refractivity contribution in [2.75, 3.05) is 6.54 Å². The van der Waals surface area contributed by atoms with Crippen LogP contribution in [0, 0.1) is 0 Å². The molecule has 0 bridgehead atoms. The molecule has 1 fully saturated rings. The quantitative estimate of drug-likeness (QED) is 0.839. The van der Waals surface area contributed by atoms with Crippen molar-refractivity contribution in [2.24, 2.45) is 0 Å².